The minimum atomic E-state index is -1.10. The molecular formula is C18H32N4O3S. The van der Waals surface area contributed by atoms with Crippen LogP contribution in [-0.4, -0.2) is 65.2 Å². The quantitative estimate of drug-likeness (QED) is 0.433. The summed E-state index contributed by atoms with van der Waals surface area (Å²) in [5.74, 6) is 0.0536. The Hall–Kier alpha value is -1.09. The number of allylic oxidation sites excluding steroid dienone is 1. The second-order valence-electron chi connectivity index (χ2n) is 7.10. The second-order valence-corrected chi connectivity index (χ2v) is 8.24. The van der Waals surface area contributed by atoms with Gasteiger partial charge in [0.1, 0.15) is 6.26 Å². The van der Waals surface area contributed by atoms with Gasteiger partial charge in [-0.15, -0.1) is 4.72 Å². The van der Waals surface area contributed by atoms with Crippen molar-refractivity contribution in [2.24, 2.45) is 0 Å². The molecule has 1 saturated carbocycles. The van der Waals surface area contributed by atoms with E-state index in [1.165, 1.54) is 6.21 Å². The molecule has 1 aliphatic carbocycles. The van der Waals surface area contributed by atoms with Crippen molar-refractivity contribution in [1.82, 2.24) is 14.9 Å². The van der Waals surface area contributed by atoms with Crippen LogP contribution in [0.1, 0.15) is 45.4 Å². The Balaban J connectivity index is 1.83. The van der Waals surface area contributed by atoms with Crippen LogP contribution >= 0.6 is 0 Å². The zero-order valence-corrected chi connectivity index (χ0v) is 16.6. The summed E-state index contributed by atoms with van der Waals surface area (Å²) in [5.41, 5.74) is 0. The molecule has 26 heavy (non-hydrogen) atoms. The predicted octanol–water partition coefficient (Wildman–Crippen LogP) is 1.33. The molecule has 0 aromatic rings. The SMILES string of the molecule is CC(=O)N1CCC[C@H](N[S+](C)[O-])[C@@H]1COC1CCC(N/C=C\C=N)CC1. The molecule has 0 aromatic carbocycles. The van der Waals surface area contributed by atoms with Crippen molar-refractivity contribution in [2.45, 2.75) is 69.7 Å². The van der Waals surface area contributed by atoms with Crippen LogP contribution in [0.2, 0.25) is 0 Å². The van der Waals surface area contributed by atoms with E-state index >= 15 is 0 Å². The lowest BCUT2D eigenvalue weighted by atomic mass is 9.92. The molecule has 8 heteroatoms. The molecule has 1 amide bonds. The van der Waals surface area contributed by atoms with E-state index in [1.54, 1.807) is 19.3 Å². The summed E-state index contributed by atoms with van der Waals surface area (Å²) in [5, 5.41) is 10.3. The Morgan fingerprint density at radius 3 is 2.69 bits per heavy atom. The van der Waals surface area contributed by atoms with Crippen molar-refractivity contribution in [3.63, 3.8) is 0 Å². The van der Waals surface area contributed by atoms with E-state index in [0.717, 1.165) is 45.1 Å². The Morgan fingerprint density at radius 2 is 2.08 bits per heavy atom. The van der Waals surface area contributed by atoms with Gasteiger partial charge in [-0.25, -0.2) is 0 Å². The molecule has 1 unspecified atom stereocenters. The monoisotopic (exact) mass is 384 g/mol. The van der Waals surface area contributed by atoms with Crippen molar-refractivity contribution in [3.8, 4) is 0 Å². The predicted molar refractivity (Wildman–Crippen MR) is 104 cm³/mol. The molecule has 2 aliphatic rings. The van der Waals surface area contributed by atoms with Gasteiger partial charge in [0, 0.05) is 37.1 Å². The molecule has 7 nitrogen and oxygen atoms in total. The zero-order chi connectivity index (χ0) is 18.9. The highest BCUT2D eigenvalue weighted by molar-refractivity contribution is 7.88. The molecule has 3 atom stereocenters. The van der Waals surface area contributed by atoms with E-state index in [9.17, 15) is 9.35 Å². The van der Waals surface area contributed by atoms with Crippen LogP contribution in [0.3, 0.4) is 0 Å². The molecule has 2 rings (SSSR count). The number of nitrogens with one attached hydrogen (secondary N) is 3. The number of hydrogen-bond acceptors (Lipinski definition) is 6. The first kappa shape index (κ1) is 21.2. The highest BCUT2D eigenvalue weighted by Gasteiger charge is 2.36. The van der Waals surface area contributed by atoms with Gasteiger partial charge in [0.15, 0.2) is 0 Å². The van der Waals surface area contributed by atoms with Gasteiger partial charge in [-0.05, 0) is 50.8 Å². The maximum Gasteiger partial charge on any atom is 0.219 e. The van der Waals surface area contributed by atoms with Crippen molar-refractivity contribution < 1.29 is 14.1 Å². The highest BCUT2D eigenvalue weighted by atomic mass is 32.2. The van der Waals surface area contributed by atoms with Gasteiger partial charge < -0.3 is 24.9 Å². The Labute approximate surface area is 159 Å². The molecule has 0 radical (unpaired) electrons. The first-order valence-electron chi connectivity index (χ1n) is 9.41. The van der Waals surface area contributed by atoms with E-state index in [0.29, 0.717) is 12.6 Å². The van der Waals surface area contributed by atoms with Crippen molar-refractivity contribution in [1.29, 1.82) is 5.41 Å². The van der Waals surface area contributed by atoms with Crippen LogP contribution in [0.5, 0.6) is 0 Å². The molecule has 1 aliphatic heterocycles. The molecule has 1 heterocycles. The summed E-state index contributed by atoms with van der Waals surface area (Å²) < 4.78 is 20.9. The zero-order valence-electron chi connectivity index (χ0n) is 15.8. The number of carbonyl (C=O) groups is 1. The fourth-order valence-corrected chi connectivity index (χ4v) is 4.58. The average Bonchev–Trinajstić information content (AvgIpc) is 2.61. The molecule has 2 fully saturated rings. The lowest BCUT2D eigenvalue weighted by Gasteiger charge is -2.41. The summed E-state index contributed by atoms with van der Waals surface area (Å²) in [6.07, 6.45) is 12.5. The minimum Gasteiger partial charge on any atom is -0.598 e. The number of ether oxygens (including phenoxy) is 1. The molecule has 1 saturated heterocycles. The number of amides is 1. The van der Waals surface area contributed by atoms with Gasteiger partial charge in [0.25, 0.3) is 0 Å². The van der Waals surface area contributed by atoms with Crippen LogP contribution in [0.4, 0.5) is 0 Å². The van der Waals surface area contributed by atoms with E-state index in [4.69, 9.17) is 10.1 Å². The highest BCUT2D eigenvalue weighted by Crippen LogP contribution is 2.24. The topological polar surface area (TPSA) is 101 Å². The number of rotatable bonds is 8. The van der Waals surface area contributed by atoms with Crippen LogP contribution < -0.4 is 10.0 Å². The maximum atomic E-state index is 12.0. The lowest BCUT2D eigenvalue weighted by Crippen LogP contribution is -2.58. The van der Waals surface area contributed by atoms with Crippen molar-refractivity contribution >= 4 is 23.5 Å². The summed E-state index contributed by atoms with van der Waals surface area (Å²) in [7, 11) is 0. The molecular weight excluding hydrogens is 352 g/mol. The fourth-order valence-electron chi connectivity index (χ4n) is 3.88. The summed E-state index contributed by atoms with van der Waals surface area (Å²) in [4.78, 5) is 13.9. The minimum absolute atomic E-state index is 0.0164. The smallest absolute Gasteiger partial charge is 0.219 e. The maximum absolute atomic E-state index is 12.0. The van der Waals surface area contributed by atoms with Crippen LogP contribution in [0, 0.1) is 5.41 Å². The first-order valence-corrected chi connectivity index (χ1v) is 11.0. The summed E-state index contributed by atoms with van der Waals surface area (Å²) >= 11 is -1.10. The standard InChI is InChI=1S/C18H32N4O3S/c1-14(23)22-12-3-5-17(21-26(2)24)18(22)13-25-16-8-6-15(7-9-16)20-11-4-10-19/h4,10-11,15-21H,3,5-9,12-13H2,1-2H3/b11-4-,19-10?/t15?,16?,17-,18-,26?/m0/s1. The van der Waals surface area contributed by atoms with Gasteiger partial charge >= 0.3 is 0 Å². The van der Waals surface area contributed by atoms with Gasteiger partial charge in [0.2, 0.25) is 5.91 Å². The Morgan fingerprint density at radius 1 is 1.35 bits per heavy atom. The van der Waals surface area contributed by atoms with Gasteiger partial charge in [-0.1, -0.05) is 0 Å². The Bertz CT molecular complexity index is 481. The lowest BCUT2D eigenvalue weighted by molar-refractivity contribution is -0.136. The van der Waals surface area contributed by atoms with Crippen molar-refractivity contribution in [2.75, 3.05) is 19.4 Å². The van der Waals surface area contributed by atoms with Crippen molar-refractivity contribution in [3.05, 3.63) is 12.3 Å². The van der Waals surface area contributed by atoms with E-state index < -0.39 is 11.4 Å². The van der Waals surface area contributed by atoms with E-state index in [1.807, 2.05) is 11.1 Å². The normalized spacial score (nSPS) is 31.0. The molecule has 0 aromatic heterocycles. The number of likely N-dealkylation sites (tertiary alicyclic amines) is 1. The third-order valence-corrected chi connectivity index (χ3v) is 5.84. The van der Waals surface area contributed by atoms with Gasteiger partial charge in [0.05, 0.1) is 24.8 Å². The van der Waals surface area contributed by atoms with E-state index in [-0.39, 0.29) is 24.1 Å². The number of hydrogen-bond donors (Lipinski definition) is 3. The first-order chi connectivity index (χ1) is 12.5. The summed E-state index contributed by atoms with van der Waals surface area (Å²) in [6.45, 7) is 2.83. The largest absolute Gasteiger partial charge is 0.598 e. The fraction of sp³-hybridized carbons (Fsp3) is 0.778. The third-order valence-electron chi connectivity index (χ3n) is 5.20. The molecule has 148 valence electrons. The molecule has 0 bridgehead atoms. The van der Waals surface area contributed by atoms with E-state index in [2.05, 4.69) is 10.0 Å². The van der Waals surface area contributed by atoms with Crippen LogP contribution in [0.25, 0.3) is 0 Å². The molecule has 3 N–H and O–H groups in total. The molecule has 0 spiro atoms. The van der Waals surface area contributed by atoms with Gasteiger partial charge in [-0.3, -0.25) is 4.79 Å². The average molecular weight is 385 g/mol. The second kappa shape index (κ2) is 10.9. The van der Waals surface area contributed by atoms with Gasteiger partial charge in [-0.2, -0.15) is 0 Å². The van der Waals surface area contributed by atoms with Crippen LogP contribution in [-0.2, 0) is 20.9 Å². The number of piperidine rings is 1. The van der Waals surface area contributed by atoms with Crippen LogP contribution in [0.15, 0.2) is 12.3 Å². The third kappa shape index (κ3) is 6.57. The summed E-state index contributed by atoms with van der Waals surface area (Å²) in [6, 6.07) is 0.394. The number of carbonyl (C=O) groups excluding carboxylic acids is 1. The number of nitrogens with zero attached hydrogens (tertiary/aromatic N) is 1. The Kier molecular flexibility index (Phi) is 8.90.